The molecule has 0 saturated heterocycles. The van der Waals surface area contributed by atoms with E-state index in [0.29, 0.717) is 29.4 Å². The first-order valence-corrected chi connectivity index (χ1v) is 11.0. The lowest BCUT2D eigenvalue weighted by atomic mass is 10.0. The highest BCUT2D eigenvalue weighted by Crippen LogP contribution is 2.34. The quantitative estimate of drug-likeness (QED) is 0.549. The normalized spacial score (nSPS) is 15.4. The topological polar surface area (TPSA) is 58.6 Å². The van der Waals surface area contributed by atoms with Gasteiger partial charge in [-0.1, -0.05) is 54.1 Å². The summed E-state index contributed by atoms with van der Waals surface area (Å²) in [5.74, 6) is 0.481. The number of rotatable bonds is 6. The minimum atomic E-state index is -0.604. The SMILES string of the molecule is CC(=O)Nc1cccc([C@@H](C)N(Cc2ccccc2)C(=O)[C@H]2Cc3cc(Cl)ccc3O2)c1. The number of hydrogen-bond donors (Lipinski definition) is 1. The molecule has 0 spiro atoms. The summed E-state index contributed by atoms with van der Waals surface area (Å²) in [4.78, 5) is 27.0. The first-order chi connectivity index (χ1) is 15.4. The monoisotopic (exact) mass is 448 g/mol. The lowest BCUT2D eigenvalue weighted by Crippen LogP contribution is -2.42. The Hall–Kier alpha value is -3.31. The molecule has 0 bridgehead atoms. The van der Waals surface area contributed by atoms with E-state index < -0.39 is 6.10 Å². The molecule has 1 aliphatic heterocycles. The highest BCUT2D eigenvalue weighted by atomic mass is 35.5. The molecule has 0 aliphatic carbocycles. The molecular formula is C26H25ClN2O3. The van der Waals surface area contributed by atoms with Crippen molar-refractivity contribution >= 4 is 29.1 Å². The number of hydrogen-bond acceptors (Lipinski definition) is 3. The number of ether oxygens (including phenoxy) is 1. The number of fused-ring (bicyclic) bond motifs is 1. The third kappa shape index (κ3) is 4.94. The minimum absolute atomic E-state index is 0.0846. The van der Waals surface area contributed by atoms with Crippen LogP contribution in [0.5, 0.6) is 5.75 Å². The predicted octanol–water partition coefficient (Wildman–Crippen LogP) is 5.39. The number of amides is 2. The summed E-state index contributed by atoms with van der Waals surface area (Å²) >= 11 is 6.12. The predicted molar refractivity (Wildman–Crippen MR) is 126 cm³/mol. The number of halogens is 1. The maximum Gasteiger partial charge on any atom is 0.264 e. The summed E-state index contributed by atoms with van der Waals surface area (Å²) in [7, 11) is 0. The molecule has 3 aromatic rings. The first kappa shape index (κ1) is 21.9. The lowest BCUT2D eigenvalue weighted by Gasteiger charge is -2.32. The zero-order valence-corrected chi connectivity index (χ0v) is 18.8. The summed E-state index contributed by atoms with van der Waals surface area (Å²) in [5.41, 5.74) is 3.60. The van der Waals surface area contributed by atoms with Crippen molar-refractivity contribution in [1.82, 2.24) is 4.90 Å². The fourth-order valence-electron chi connectivity index (χ4n) is 3.99. The number of carbonyl (C=O) groups excluding carboxylic acids is 2. The second-order valence-electron chi connectivity index (χ2n) is 8.00. The van der Waals surface area contributed by atoms with E-state index in [1.165, 1.54) is 6.92 Å². The molecule has 0 aromatic heterocycles. The Morgan fingerprint density at radius 2 is 1.88 bits per heavy atom. The van der Waals surface area contributed by atoms with Crippen LogP contribution in [0.2, 0.25) is 5.02 Å². The van der Waals surface area contributed by atoms with Crippen LogP contribution in [0.4, 0.5) is 5.69 Å². The van der Waals surface area contributed by atoms with E-state index >= 15 is 0 Å². The van der Waals surface area contributed by atoms with Crippen molar-refractivity contribution in [2.75, 3.05) is 5.32 Å². The lowest BCUT2D eigenvalue weighted by molar-refractivity contribution is -0.141. The van der Waals surface area contributed by atoms with Crippen LogP contribution >= 0.6 is 11.6 Å². The van der Waals surface area contributed by atoms with Crippen molar-refractivity contribution in [1.29, 1.82) is 0 Å². The Bertz CT molecular complexity index is 1130. The molecule has 5 nitrogen and oxygen atoms in total. The number of nitrogens with zero attached hydrogens (tertiary/aromatic N) is 1. The van der Waals surface area contributed by atoms with Gasteiger partial charge in [-0.25, -0.2) is 0 Å². The molecule has 2 atom stereocenters. The standard InChI is InChI=1S/C26H25ClN2O3/c1-17(20-9-6-10-23(14-20)28-18(2)30)29(16-19-7-4-3-5-8-19)26(31)25-15-21-13-22(27)11-12-24(21)32-25/h3-14,17,25H,15-16H2,1-2H3,(H,28,30)/t17-,25-/m1/s1. The van der Waals surface area contributed by atoms with Crippen molar-refractivity contribution in [3.05, 3.63) is 94.5 Å². The van der Waals surface area contributed by atoms with Crippen LogP contribution in [0.3, 0.4) is 0 Å². The molecule has 3 aromatic carbocycles. The molecule has 164 valence electrons. The Kier molecular flexibility index (Phi) is 6.47. The number of nitrogens with one attached hydrogen (secondary N) is 1. The summed E-state index contributed by atoms with van der Waals surface area (Å²) < 4.78 is 6.00. The van der Waals surface area contributed by atoms with Crippen molar-refractivity contribution < 1.29 is 14.3 Å². The largest absolute Gasteiger partial charge is 0.480 e. The van der Waals surface area contributed by atoms with Crippen LogP contribution in [-0.2, 0) is 22.6 Å². The second-order valence-corrected chi connectivity index (χ2v) is 8.43. The molecule has 1 aliphatic rings. The van der Waals surface area contributed by atoms with Gasteiger partial charge in [0.2, 0.25) is 5.91 Å². The first-order valence-electron chi connectivity index (χ1n) is 10.6. The molecule has 0 radical (unpaired) electrons. The maximum absolute atomic E-state index is 13.7. The summed E-state index contributed by atoms with van der Waals surface area (Å²) in [5, 5.41) is 3.44. The van der Waals surface area contributed by atoms with Gasteiger partial charge in [-0.15, -0.1) is 0 Å². The molecule has 6 heteroatoms. The molecular weight excluding hydrogens is 424 g/mol. The average Bonchev–Trinajstić information content (AvgIpc) is 3.20. The van der Waals surface area contributed by atoms with Gasteiger partial charge in [-0.3, -0.25) is 9.59 Å². The Labute approximate surface area is 193 Å². The average molecular weight is 449 g/mol. The molecule has 4 rings (SSSR count). The third-order valence-electron chi connectivity index (χ3n) is 5.61. The third-order valence-corrected chi connectivity index (χ3v) is 5.84. The van der Waals surface area contributed by atoms with E-state index in [-0.39, 0.29) is 17.9 Å². The van der Waals surface area contributed by atoms with E-state index in [1.54, 1.807) is 6.07 Å². The van der Waals surface area contributed by atoms with Gasteiger partial charge in [0.1, 0.15) is 5.75 Å². The van der Waals surface area contributed by atoms with Gasteiger partial charge in [0.15, 0.2) is 6.10 Å². The Morgan fingerprint density at radius 1 is 1.09 bits per heavy atom. The van der Waals surface area contributed by atoms with Crippen LogP contribution in [-0.4, -0.2) is 22.8 Å². The summed E-state index contributed by atoms with van der Waals surface area (Å²) in [6.45, 7) is 3.91. The highest BCUT2D eigenvalue weighted by Gasteiger charge is 2.35. The van der Waals surface area contributed by atoms with Crippen molar-refractivity contribution in [3.8, 4) is 5.75 Å². The van der Waals surface area contributed by atoms with Gasteiger partial charge >= 0.3 is 0 Å². The Balaban J connectivity index is 1.62. The van der Waals surface area contributed by atoms with Gasteiger partial charge in [-0.2, -0.15) is 0 Å². The van der Waals surface area contributed by atoms with Crippen molar-refractivity contribution in [2.24, 2.45) is 0 Å². The number of benzene rings is 3. The number of carbonyl (C=O) groups is 2. The molecule has 0 fully saturated rings. The fourth-order valence-corrected chi connectivity index (χ4v) is 4.18. The maximum atomic E-state index is 13.7. The van der Waals surface area contributed by atoms with Crippen molar-refractivity contribution in [3.63, 3.8) is 0 Å². The number of anilines is 1. The smallest absolute Gasteiger partial charge is 0.264 e. The second kappa shape index (κ2) is 9.45. The van der Waals surface area contributed by atoms with Gasteiger partial charge in [0.05, 0.1) is 6.04 Å². The van der Waals surface area contributed by atoms with Gasteiger partial charge < -0.3 is 15.0 Å². The van der Waals surface area contributed by atoms with E-state index in [1.807, 2.05) is 78.6 Å². The van der Waals surface area contributed by atoms with Gasteiger partial charge in [-0.05, 0) is 53.9 Å². The van der Waals surface area contributed by atoms with Gasteiger partial charge in [0, 0.05) is 30.6 Å². The summed E-state index contributed by atoms with van der Waals surface area (Å²) in [6, 6.07) is 22.7. The Morgan fingerprint density at radius 3 is 2.62 bits per heavy atom. The molecule has 0 unspecified atom stereocenters. The summed E-state index contributed by atoms with van der Waals surface area (Å²) in [6.07, 6.45) is -0.119. The van der Waals surface area contributed by atoms with E-state index in [9.17, 15) is 9.59 Å². The fraction of sp³-hybridized carbons (Fsp3) is 0.231. The molecule has 1 N–H and O–H groups in total. The van der Waals surface area contributed by atoms with Crippen LogP contribution in [0.15, 0.2) is 72.8 Å². The molecule has 1 heterocycles. The zero-order chi connectivity index (χ0) is 22.7. The molecule has 2 amide bonds. The van der Waals surface area contributed by atoms with Crippen LogP contribution in [0.25, 0.3) is 0 Å². The minimum Gasteiger partial charge on any atom is -0.480 e. The van der Waals surface area contributed by atoms with E-state index in [4.69, 9.17) is 16.3 Å². The zero-order valence-electron chi connectivity index (χ0n) is 18.0. The van der Waals surface area contributed by atoms with Crippen LogP contribution in [0.1, 0.15) is 36.6 Å². The van der Waals surface area contributed by atoms with Crippen LogP contribution in [0, 0.1) is 0 Å². The van der Waals surface area contributed by atoms with E-state index in [0.717, 1.165) is 16.7 Å². The van der Waals surface area contributed by atoms with Crippen LogP contribution < -0.4 is 10.1 Å². The highest BCUT2D eigenvalue weighted by molar-refractivity contribution is 6.30. The van der Waals surface area contributed by atoms with Crippen molar-refractivity contribution in [2.45, 2.75) is 39.0 Å². The van der Waals surface area contributed by atoms with E-state index in [2.05, 4.69) is 5.32 Å². The molecule has 32 heavy (non-hydrogen) atoms. The van der Waals surface area contributed by atoms with Gasteiger partial charge in [0.25, 0.3) is 5.91 Å². The molecule has 0 saturated carbocycles.